The minimum Gasteiger partial charge on any atom is -0.461 e. The Morgan fingerprint density at radius 3 is 2.80 bits per heavy atom. The van der Waals surface area contributed by atoms with E-state index in [1.807, 2.05) is 0 Å². The summed E-state index contributed by atoms with van der Waals surface area (Å²) >= 11 is 1.66. The summed E-state index contributed by atoms with van der Waals surface area (Å²) < 4.78 is 5.09. The van der Waals surface area contributed by atoms with Crippen LogP contribution in [0.1, 0.15) is 13.8 Å². The Labute approximate surface area is 65.3 Å². The first-order chi connectivity index (χ1) is 4.70. The van der Waals surface area contributed by atoms with Crippen molar-refractivity contribution in [1.82, 2.24) is 0 Å². The van der Waals surface area contributed by atoms with Gasteiger partial charge in [0.05, 0.1) is 5.75 Å². The van der Waals surface area contributed by atoms with Crippen LogP contribution in [0.4, 0.5) is 0 Å². The molecule has 3 heteroatoms. The van der Waals surface area contributed by atoms with Gasteiger partial charge in [-0.1, -0.05) is 13.8 Å². The Morgan fingerprint density at radius 1 is 1.70 bits per heavy atom. The number of hydrogen-bond acceptors (Lipinski definition) is 3. The third-order valence-electron chi connectivity index (χ3n) is 1.53. The fourth-order valence-electron chi connectivity index (χ4n) is 0.824. The zero-order valence-electron chi connectivity index (χ0n) is 6.29. The summed E-state index contributed by atoms with van der Waals surface area (Å²) in [4.78, 5) is 10.7. The predicted molar refractivity (Wildman–Crippen MR) is 42.0 cm³/mol. The lowest BCUT2D eigenvalue weighted by atomic mass is 10.1. The summed E-state index contributed by atoms with van der Waals surface area (Å²) in [5.74, 6) is 1.89. The van der Waals surface area contributed by atoms with Gasteiger partial charge in [-0.05, 0) is 5.92 Å². The van der Waals surface area contributed by atoms with Gasteiger partial charge in [0.2, 0.25) is 0 Å². The van der Waals surface area contributed by atoms with Crippen LogP contribution in [-0.2, 0) is 9.53 Å². The Kier molecular flexibility index (Phi) is 2.60. The van der Waals surface area contributed by atoms with E-state index in [4.69, 9.17) is 4.74 Å². The molecule has 1 saturated heterocycles. The van der Waals surface area contributed by atoms with Crippen LogP contribution in [0.2, 0.25) is 0 Å². The first-order valence-electron chi connectivity index (χ1n) is 3.47. The second-order valence-electron chi connectivity index (χ2n) is 2.79. The number of thioether (sulfide) groups is 1. The van der Waals surface area contributed by atoms with E-state index in [-0.39, 0.29) is 12.1 Å². The molecule has 10 heavy (non-hydrogen) atoms. The van der Waals surface area contributed by atoms with Crippen LogP contribution >= 0.6 is 11.8 Å². The molecule has 2 nitrogen and oxygen atoms in total. The molecule has 1 atom stereocenters. The lowest BCUT2D eigenvalue weighted by Gasteiger charge is -2.24. The molecule has 0 bridgehead atoms. The van der Waals surface area contributed by atoms with Crippen molar-refractivity contribution in [1.29, 1.82) is 0 Å². The van der Waals surface area contributed by atoms with E-state index in [1.54, 1.807) is 11.8 Å². The highest BCUT2D eigenvalue weighted by Crippen LogP contribution is 2.19. The Balaban J connectivity index is 2.39. The predicted octanol–water partition coefficient (Wildman–Crippen LogP) is 1.30. The molecule has 0 amide bonds. The summed E-state index contributed by atoms with van der Waals surface area (Å²) in [7, 11) is 0. The number of hydrogen-bond donors (Lipinski definition) is 0. The van der Waals surface area contributed by atoms with E-state index in [0.29, 0.717) is 11.7 Å². The van der Waals surface area contributed by atoms with E-state index in [9.17, 15) is 4.79 Å². The maximum absolute atomic E-state index is 10.7. The van der Waals surface area contributed by atoms with Gasteiger partial charge >= 0.3 is 5.97 Å². The van der Waals surface area contributed by atoms with Crippen LogP contribution in [0.15, 0.2) is 0 Å². The SMILES string of the molecule is CC(C)[C@@H]1CSCC(=O)O1. The number of cyclic esters (lactones) is 1. The molecule has 0 saturated carbocycles. The van der Waals surface area contributed by atoms with Gasteiger partial charge in [0, 0.05) is 5.75 Å². The zero-order valence-corrected chi connectivity index (χ0v) is 7.11. The van der Waals surface area contributed by atoms with Crippen molar-refractivity contribution in [3.8, 4) is 0 Å². The van der Waals surface area contributed by atoms with Crippen molar-refractivity contribution in [2.24, 2.45) is 5.92 Å². The number of ether oxygens (including phenoxy) is 1. The molecule has 0 spiro atoms. The fraction of sp³-hybridized carbons (Fsp3) is 0.857. The largest absolute Gasteiger partial charge is 0.461 e. The third kappa shape index (κ3) is 1.90. The quantitative estimate of drug-likeness (QED) is 0.541. The molecule has 0 N–H and O–H groups in total. The van der Waals surface area contributed by atoms with E-state index in [0.717, 1.165) is 5.75 Å². The van der Waals surface area contributed by atoms with E-state index < -0.39 is 0 Å². The molecule has 0 radical (unpaired) electrons. The van der Waals surface area contributed by atoms with E-state index in [1.165, 1.54) is 0 Å². The van der Waals surface area contributed by atoms with Crippen molar-refractivity contribution in [3.05, 3.63) is 0 Å². The minimum absolute atomic E-state index is 0.0602. The van der Waals surface area contributed by atoms with Crippen LogP contribution in [0.3, 0.4) is 0 Å². The second-order valence-corrected chi connectivity index (χ2v) is 3.82. The summed E-state index contributed by atoms with van der Waals surface area (Å²) in [6.07, 6.45) is 0.145. The topological polar surface area (TPSA) is 26.3 Å². The van der Waals surface area contributed by atoms with Crippen molar-refractivity contribution in [2.75, 3.05) is 11.5 Å². The van der Waals surface area contributed by atoms with Crippen LogP contribution in [0.5, 0.6) is 0 Å². The molecule has 1 aliphatic rings. The van der Waals surface area contributed by atoms with Crippen LogP contribution < -0.4 is 0 Å². The van der Waals surface area contributed by atoms with Crippen LogP contribution in [-0.4, -0.2) is 23.6 Å². The fourth-order valence-corrected chi connectivity index (χ4v) is 1.86. The average Bonchev–Trinajstić information content (AvgIpc) is 1.88. The highest BCUT2D eigenvalue weighted by atomic mass is 32.2. The van der Waals surface area contributed by atoms with Crippen molar-refractivity contribution < 1.29 is 9.53 Å². The summed E-state index contributed by atoms with van der Waals surface area (Å²) in [5, 5.41) is 0. The molecule has 0 aromatic heterocycles. The molecule has 0 unspecified atom stereocenters. The van der Waals surface area contributed by atoms with Gasteiger partial charge in [-0.15, -0.1) is 11.8 Å². The van der Waals surface area contributed by atoms with Crippen molar-refractivity contribution in [3.63, 3.8) is 0 Å². The first-order valence-corrected chi connectivity index (χ1v) is 4.63. The molecule has 1 heterocycles. The van der Waals surface area contributed by atoms with Gasteiger partial charge in [-0.25, -0.2) is 0 Å². The summed E-state index contributed by atoms with van der Waals surface area (Å²) in [6, 6.07) is 0. The maximum Gasteiger partial charge on any atom is 0.316 e. The second kappa shape index (κ2) is 3.28. The van der Waals surface area contributed by atoms with Crippen molar-refractivity contribution >= 4 is 17.7 Å². The lowest BCUT2D eigenvalue weighted by Crippen LogP contribution is -2.31. The number of rotatable bonds is 1. The van der Waals surface area contributed by atoms with Gasteiger partial charge in [0.25, 0.3) is 0 Å². The van der Waals surface area contributed by atoms with Crippen LogP contribution in [0, 0.1) is 5.92 Å². The van der Waals surface area contributed by atoms with E-state index in [2.05, 4.69) is 13.8 Å². The van der Waals surface area contributed by atoms with E-state index >= 15 is 0 Å². The molecular weight excluding hydrogens is 148 g/mol. The molecule has 58 valence electrons. The monoisotopic (exact) mass is 160 g/mol. The summed E-state index contributed by atoms with van der Waals surface area (Å²) in [6.45, 7) is 4.15. The Bertz CT molecular complexity index is 134. The minimum atomic E-state index is -0.0602. The number of carbonyl (C=O) groups excluding carboxylic acids is 1. The maximum atomic E-state index is 10.7. The zero-order chi connectivity index (χ0) is 7.56. The number of esters is 1. The van der Waals surface area contributed by atoms with Crippen molar-refractivity contribution in [2.45, 2.75) is 20.0 Å². The molecule has 1 fully saturated rings. The van der Waals surface area contributed by atoms with Gasteiger partial charge in [-0.2, -0.15) is 0 Å². The van der Waals surface area contributed by atoms with Gasteiger partial charge < -0.3 is 4.74 Å². The smallest absolute Gasteiger partial charge is 0.316 e. The van der Waals surface area contributed by atoms with Gasteiger partial charge in [0.1, 0.15) is 6.10 Å². The third-order valence-corrected chi connectivity index (χ3v) is 2.53. The molecular formula is C7H12O2S. The average molecular weight is 160 g/mol. The molecule has 1 rings (SSSR count). The molecule has 0 aromatic rings. The highest BCUT2D eigenvalue weighted by Gasteiger charge is 2.22. The Morgan fingerprint density at radius 2 is 2.40 bits per heavy atom. The number of carbonyl (C=O) groups is 1. The lowest BCUT2D eigenvalue weighted by molar-refractivity contribution is -0.147. The normalized spacial score (nSPS) is 26.7. The Hall–Kier alpha value is -0.180. The van der Waals surface area contributed by atoms with Gasteiger partial charge in [-0.3, -0.25) is 4.79 Å². The first kappa shape index (κ1) is 7.92. The highest BCUT2D eigenvalue weighted by molar-refractivity contribution is 8.00. The van der Waals surface area contributed by atoms with Crippen LogP contribution in [0.25, 0.3) is 0 Å². The molecule has 1 aliphatic heterocycles. The van der Waals surface area contributed by atoms with Gasteiger partial charge in [0.15, 0.2) is 0 Å². The summed E-state index contributed by atoms with van der Waals surface area (Å²) in [5.41, 5.74) is 0. The molecule has 0 aromatic carbocycles. The molecule has 0 aliphatic carbocycles. The standard InChI is InChI=1S/C7H12O2S/c1-5(2)6-3-10-4-7(8)9-6/h5-6H,3-4H2,1-2H3/t6-/m0/s1.